The molecule has 0 unspecified atom stereocenters. The number of aromatic nitrogens is 3. The minimum Gasteiger partial charge on any atom is -0.492 e. The van der Waals surface area contributed by atoms with Crippen molar-refractivity contribution in [1.29, 1.82) is 0 Å². The Bertz CT molecular complexity index is 1970. The summed E-state index contributed by atoms with van der Waals surface area (Å²) in [5.41, 5.74) is 6.03. The van der Waals surface area contributed by atoms with E-state index in [1.54, 1.807) is 12.3 Å². The van der Waals surface area contributed by atoms with Gasteiger partial charge in [-0.2, -0.15) is 0 Å². The van der Waals surface area contributed by atoms with Crippen LogP contribution in [0.2, 0.25) is 0 Å². The highest BCUT2D eigenvalue weighted by Gasteiger charge is 2.27. The number of amides is 1. The first-order chi connectivity index (χ1) is 22.3. The molecule has 9 heteroatoms. The van der Waals surface area contributed by atoms with Crippen LogP contribution < -0.4 is 19.7 Å². The number of para-hydroxylation sites is 2. The van der Waals surface area contributed by atoms with Gasteiger partial charge in [-0.1, -0.05) is 36.4 Å². The molecule has 2 aromatic heterocycles. The van der Waals surface area contributed by atoms with Crippen LogP contribution in [0.4, 0.5) is 27.7 Å². The number of likely N-dealkylation sites (N-methyl/N-ethyl adjacent to an activating group) is 1. The molecular formula is C37H38N6O3. The van der Waals surface area contributed by atoms with Crippen molar-refractivity contribution in [2.75, 3.05) is 37.5 Å². The SMILES string of the molecule is CCn1c2ccccc2c2cc(N(C(=O)Oc3c(C)cccc3C)c3ccncn3)c(Nc3ccc(OCCN(C)C)cc3)cc21. The number of hydrogen-bond donors (Lipinski definition) is 1. The third-order valence-electron chi connectivity index (χ3n) is 7.96. The van der Waals surface area contributed by atoms with Gasteiger partial charge in [-0.15, -0.1) is 0 Å². The molecule has 0 saturated heterocycles. The number of anilines is 4. The summed E-state index contributed by atoms with van der Waals surface area (Å²) in [5, 5.41) is 5.69. The maximum Gasteiger partial charge on any atom is 0.425 e. The van der Waals surface area contributed by atoms with Crippen LogP contribution in [-0.2, 0) is 6.54 Å². The molecule has 0 aliphatic heterocycles. The quantitative estimate of drug-likeness (QED) is 0.166. The van der Waals surface area contributed by atoms with Gasteiger partial charge in [-0.25, -0.2) is 19.7 Å². The summed E-state index contributed by atoms with van der Waals surface area (Å²) in [6.45, 7) is 8.20. The zero-order chi connectivity index (χ0) is 32.2. The van der Waals surface area contributed by atoms with Crippen LogP contribution in [0.3, 0.4) is 0 Å². The summed E-state index contributed by atoms with van der Waals surface area (Å²) in [6.07, 6.45) is 2.46. The fourth-order valence-corrected chi connectivity index (χ4v) is 5.67. The van der Waals surface area contributed by atoms with Gasteiger partial charge in [0.15, 0.2) is 0 Å². The van der Waals surface area contributed by atoms with Gasteiger partial charge in [0.05, 0.1) is 16.9 Å². The van der Waals surface area contributed by atoms with Crippen LogP contribution in [0.15, 0.2) is 97.5 Å². The van der Waals surface area contributed by atoms with Gasteiger partial charge in [-0.05, 0) is 94.5 Å². The lowest BCUT2D eigenvalue weighted by atomic mass is 10.1. The van der Waals surface area contributed by atoms with Gasteiger partial charge < -0.3 is 24.3 Å². The molecule has 0 spiro atoms. The number of carbonyl (C=O) groups excluding carboxylic acids is 1. The van der Waals surface area contributed by atoms with Crippen LogP contribution in [0, 0.1) is 13.8 Å². The summed E-state index contributed by atoms with van der Waals surface area (Å²) in [5.74, 6) is 1.70. The summed E-state index contributed by atoms with van der Waals surface area (Å²) >= 11 is 0. The molecular weight excluding hydrogens is 576 g/mol. The van der Waals surface area contributed by atoms with E-state index < -0.39 is 6.09 Å². The van der Waals surface area contributed by atoms with Crippen molar-refractivity contribution in [3.8, 4) is 11.5 Å². The maximum atomic E-state index is 14.3. The predicted octanol–water partition coefficient (Wildman–Crippen LogP) is 8.24. The summed E-state index contributed by atoms with van der Waals surface area (Å²) in [7, 11) is 4.04. The van der Waals surface area contributed by atoms with E-state index in [1.165, 1.54) is 11.2 Å². The van der Waals surface area contributed by atoms with E-state index >= 15 is 0 Å². The van der Waals surface area contributed by atoms with Crippen LogP contribution in [0.1, 0.15) is 18.1 Å². The molecule has 46 heavy (non-hydrogen) atoms. The molecule has 6 aromatic rings. The number of ether oxygens (including phenoxy) is 2. The second-order valence-corrected chi connectivity index (χ2v) is 11.4. The number of nitrogens with zero attached hydrogens (tertiary/aromatic N) is 5. The fourth-order valence-electron chi connectivity index (χ4n) is 5.67. The highest BCUT2D eigenvalue weighted by molar-refractivity contribution is 6.13. The molecule has 0 saturated carbocycles. The largest absolute Gasteiger partial charge is 0.492 e. The van der Waals surface area contributed by atoms with Crippen LogP contribution in [0.25, 0.3) is 21.8 Å². The third kappa shape index (κ3) is 6.23. The molecule has 9 nitrogen and oxygen atoms in total. The Morgan fingerprint density at radius 1 is 0.891 bits per heavy atom. The number of rotatable bonds is 10. The Kier molecular flexibility index (Phi) is 8.85. The molecule has 0 radical (unpaired) electrons. The summed E-state index contributed by atoms with van der Waals surface area (Å²) < 4.78 is 14.3. The van der Waals surface area contributed by atoms with Crippen molar-refractivity contribution in [3.05, 3.63) is 109 Å². The Balaban J connectivity index is 1.49. The lowest BCUT2D eigenvalue weighted by Crippen LogP contribution is -2.31. The Morgan fingerprint density at radius 2 is 1.65 bits per heavy atom. The average molecular weight is 615 g/mol. The Hall–Kier alpha value is -5.41. The molecule has 234 valence electrons. The van der Waals surface area contributed by atoms with E-state index in [4.69, 9.17) is 9.47 Å². The van der Waals surface area contributed by atoms with E-state index in [1.807, 2.05) is 88.6 Å². The molecule has 0 atom stereocenters. The average Bonchev–Trinajstić information content (AvgIpc) is 3.36. The highest BCUT2D eigenvalue weighted by atomic mass is 16.6. The minimum absolute atomic E-state index is 0.387. The zero-order valence-electron chi connectivity index (χ0n) is 26.8. The second kappa shape index (κ2) is 13.3. The highest BCUT2D eigenvalue weighted by Crippen LogP contribution is 2.41. The number of fused-ring (bicyclic) bond motifs is 3. The molecule has 4 aromatic carbocycles. The third-order valence-corrected chi connectivity index (χ3v) is 7.96. The molecule has 2 heterocycles. The number of benzene rings is 4. The topological polar surface area (TPSA) is 84.8 Å². The predicted molar refractivity (Wildman–Crippen MR) is 185 cm³/mol. The molecule has 1 N–H and O–H groups in total. The van der Waals surface area contributed by atoms with Gasteiger partial charge in [-0.3, -0.25) is 0 Å². The van der Waals surface area contributed by atoms with E-state index in [-0.39, 0.29) is 0 Å². The first kappa shape index (κ1) is 30.6. The van der Waals surface area contributed by atoms with Gasteiger partial charge in [0.25, 0.3) is 0 Å². The van der Waals surface area contributed by atoms with Crippen LogP contribution in [0.5, 0.6) is 11.5 Å². The van der Waals surface area contributed by atoms with Gasteiger partial charge >= 0.3 is 6.09 Å². The van der Waals surface area contributed by atoms with Crippen molar-refractivity contribution in [3.63, 3.8) is 0 Å². The summed E-state index contributed by atoms with van der Waals surface area (Å²) in [6, 6.07) is 27.8. The lowest BCUT2D eigenvalue weighted by Gasteiger charge is -2.25. The molecule has 1 amide bonds. The monoisotopic (exact) mass is 614 g/mol. The van der Waals surface area contributed by atoms with Crippen molar-refractivity contribution >= 4 is 50.8 Å². The maximum absolute atomic E-state index is 14.3. The molecule has 0 aliphatic rings. The zero-order valence-corrected chi connectivity index (χ0v) is 26.8. The minimum atomic E-state index is -0.581. The Morgan fingerprint density at radius 3 is 2.35 bits per heavy atom. The standard InChI is InChI=1S/C37H38N6O3/c1-6-42-32-13-8-7-12-29(32)30-22-34(31(23-33(30)42)40-27-14-16-28(17-15-27)45-21-20-41(4)5)43(35-18-19-38-24-39-35)37(44)46-36-25(2)10-9-11-26(36)3/h7-19,22-24,40H,6,20-21H2,1-5H3. The van der Waals surface area contributed by atoms with E-state index in [0.29, 0.717) is 29.5 Å². The molecule has 6 rings (SSSR count). The molecule has 0 fully saturated rings. The number of aryl methyl sites for hydroxylation is 3. The summed E-state index contributed by atoms with van der Waals surface area (Å²) in [4.78, 5) is 26.4. The molecule has 0 bridgehead atoms. The Labute approximate surface area is 269 Å². The molecule has 0 aliphatic carbocycles. The van der Waals surface area contributed by atoms with Crippen molar-refractivity contribution < 1.29 is 14.3 Å². The first-order valence-electron chi connectivity index (χ1n) is 15.4. The van der Waals surface area contributed by atoms with Crippen LogP contribution in [-0.4, -0.2) is 52.8 Å². The lowest BCUT2D eigenvalue weighted by molar-refractivity contribution is 0.209. The number of hydrogen-bond acceptors (Lipinski definition) is 7. The van der Waals surface area contributed by atoms with Gasteiger partial charge in [0.2, 0.25) is 0 Å². The van der Waals surface area contributed by atoms with E-state index in [2.05, 4.69) is 49.9 Å². The number of nitrogens with one attached hydrogen (secondary N) is 1. The first-order valence-corrected chi connectivity index (χ1v) is 15.4. The van der Waals surface area contributed by atoms with Crippen molar-refractivity contribution in [1.82, 2.24) is 19.4 Å². The van der Waals surface area contributed by atoms with E-state index in [0.717, 1.165) is 57.5 Å². The second-order valence-electron chi connectivity index (χ2n) is 11.4. The number of carbonyl (C=O) groups is 1. The van der Waals surface area contributed by atoms with Crippen molar-refractivity contribution in [2.45, 2.75) is 27.3 Å². The van der Waals surface area contributed by atoms with Crippen molar-refractivity contribution in [2.24, 2.45) is 0 Å². The van der Waals surface area contributed by atoms with E-state index in [9.17, 15) is 4.79 Å². The smallest absolute Gasteiger partial charge is 0.425 e. The fraction of sp³-hybridized carbons (Fsp3) is 0.216. The van der Waals surface area contributed by atoms with Crippen LogP contribution >= 0.6 is 0 Å². The van der Waals surface area contributed by atoms with Gasteiger partial charge in [0, 0.05) is 41.3 Å². The normalized spacial score (nSPS) is 11.3. The van der Waals surface area contributed by atoms with Gasteiger partial charge in [0.1, 0.15) is 30.3 Å².